The number of nitrogens with zero attached hydrogens (tertiary/aromatic N) is 5. The number of aromatic nitrogens is 5. The second-order valence-electron chi connectivity index (χ2n) is 22.8. The van der Waals surface area contributed by atoms with Crippen molar-refractivity contribution in [2.75, 3.05) is 50.8 Å². The molecule has 94 heavy (non-hydrogen) atoms. The molecule has 0 unspecified atom stereocenters. The SMILES string of the molecule is COc1ccn(-c2ccc(F)cc2)c(=O)c1C(=O)Nc1ccc(Oc2ccnc3cc(OCC(C)(C)O)c4c(c23)OCCO4)cc1Cl.Cn1cc(C(=O)Nc2ccc(Oc3ccnc4cc(OCC(C)(C)O)c5c(c34)OCCC5)cc2Cl)c(=O)n(-c2ccc(F)cc2)c1=O. The molecule has 484 valence electrons. The highest BCUT2D eigenvalue weighted by atomic mass is 35.5. The van der Waals surface area contributed by atoms with Gasteiger partial charge < -0.3 is 63.3 Å². The van der Waals surface area contributed by atoms with E-state index in [4.69, 9.17) is 61.1 Å². The summed E-state index contributed by atoms with van der Waals surface area (Å²) in [5, 5.41) is 27.1. The lowest BCUT2D eigenvalue weighted by Crippen LogP contribution is -2.41. The first-order valence-electron chi connectivity index (χ1n) is 29.1. The maximum Gasteiger partial charge on any atom is 0.335 e. The number of ether oxygens (including phenoxy) is 8. The zero-order valence-electron chi connectivity index (χ0n) is 51.2. The van der Waals surface area contributed by atoms with Gasteiger partial charge in [-0.3, -0.25) is 33.7 Å². The quantitative estimate of drug-likeness (QED) is 0.0660. The van der Waals surface area contributed by atoms with Gasteiger partial charge in [0.25, 0.3) is 22.9 Å². The van der Waals surface area contributed by atoms with Gasteiger partial charge >= 0.3 is 5.69 Å². The number of methoxy groups -OCH3 is 1. The third-order valence-electron chi connectivity index (χ3n) is 14.4. The Bertz CT molecular complexity index is 4780. The summed E-state index contributed by atoms with van der Waals surface area (Å²) in [5.74, 6) is 1.36. The Balaban J connectivity index is 0.000000192. The molecular weight excluding hydrogens is 1260 g/mol. The van der Waals surface area contributed by atoms with Crippen LogP contribution < -0.4 is 65.3 Å². The van der Waals surface area contributed by atoms with Crippen molar-refractivity contribution in [3.8, 4) is 68.9 Å². The number of amides is 2. The molecule has 0 bridgehead atoms. The van der Waals surface area contributed by atoms with Gasteiger partial charge in [-0.2, -0.15) is 0 Å². The number of aryl methyl sites for hydroxylation is 1. The van der Waals surface area contributed by atoms with Gasteiger partial charge in [-0.15, -0.1) is 0 Å². The molecule has 0 saturated carbocycles. The highest BCUT2D eigenvalue weighted by Crippen LogP contribution is 2.49. The van der Waals surface area contributed by atoms with Crippen molar-refractivity contribution < 1.29 is 66.5 Å². The molecule has 0 saturated heterocycles. The van der Waals surface area contributed by atoms with Crippen LogP contribution in [0.2, 0.25) is 10.0 Å². The summed E-state index contributed by atoms with van der Waals surface area (Å²) in [6, 6.07) is 27.6. The molecule has 6 aromatic carbocycles. The van der Waals surface area contributed by atoms with E-state index in [0.29, 0.717) is 105 Å². The fraction of sp³-hybridized carbons (Fsp3) is 0.221. The first kappa shape index (κ1) is 65.0. The molecule has 2 amide bonds. The molecule has 10 aromatic rings. The van der Waals surface area contributed by atoms with Crippen LogP contribution in [0.4, 0.5) is 20.2 Å². The number of fused-ring (bicyclic) bond motifs is 6. The molecule has 26 heteroatoms. The monoisotopic (exact) mass is 1320 g/mol. The predicted octanol–water partition coefficient (Wildman–Crippen LogP) is 11.5. The number of pyridine rings is 3. The van der Waals surface area contributed by atoms with Gasteiger partial charge in [0, 0.05) is 67.4 Å². The van der Waals surface area contributed by atoms with Crippen molar-refractivity contribution in [2.24, 2.45) is 7.05 Å². The minimum atomic E-state index is -1.07. The highest BCUT2D eigenvalue weighted by molar-refractivity contribution is 6.34. The number of carbonyl (C=O) groups excluding carboxylic acids is 2. The molecular formula is C68H59Cl2F2N7O15. The standard InChI is InChI=1S/C34H30ClFN4O7.C34H29ClFN3O8/c1-34(2,44)18-46-28-16-26-29(30-22(28)5-4-14-45-30)27(12-13-37-26)47-21-10-11-25(24(35)15-21)38-31(41)23-17-39(3)33(43)40(32(23)42)20-8-6-19(36)7-9-20;1-34(2,42)18-46-27-17-24-28(31-30(27)44-14-15-45-31)26(10-12-37-24)47-21-8-9-23(22(35)16-21)38-32(40)29-25(43-3)11-13-39(33(29)41)20-6-4-19(36)5-7-20/h6-13,15-17,44H,4-5,14,18H2,1-3H3,(H,38,41);4-13,16-17,42H,14-15,18H2,1-3H3,(H,38,40). The Hall–Kier alpha value is -10.5. The van der Waals surface area contributed by atoms with Gasteiger partial charge in [0.2, 0.25) is 5.75 Å². The molecule has 4 N–H and O–H groups in total. The molecule has 0 radical (unpaired) electrons. The third kappa shape index (κ3) is 14.2. The zero-order valence-corrected chi connectivity index (χ0v) is 52.7. The molecule has 2 aliphatic heterocycles. The molecule has 4 aromatic heterocycles. The van der Waals surface area contributed by atoms with Gasteiger partial charge in [-0.25, -0.2) is 18.1 Å². The first-order valence-corrected chi connectivity index (χ1v) is 29.9. The molecule has 0 spiro atoms. The van der Waals surface area contributed by atoms with Crippen LogP contribution in [-0.4, -0.2) is 97.0 Å². The van der Waals surface area contributed by atoms with E-state index >= 15 is 0 Å². The average Bonchev–Trinajstić information content (AvgIpc) is 0.779. The van der Waals surface area contributed by atoms with E-state index in [9.17, 15) is 43.0 Å². The van der Waals surface area contributed by atoms with Crippen molar-refractivity contribution >= 4 is 68.2 Å². The van der Waals surface area contributed by atoms with Crippen LogP contribution in [0.15, 0.2) is 154 Å². The Labute approximate surface area is 543 Å². The largest absolute Gasteiger partial charge is 0.496 e. The summed E-state index contributed by atoms with van der Waals surface area (Å²) in [6.07, 6.45) is 7.24. The van der Waals surface area contributed by atoms with Crippen LogP contribution in [-0.2, 0) is 13.5 Å². The molecule has 2 aliphatic rings. The van der Waals surface area contributed by atoms with Gasteiger partial charge in [0.05, 0.1) is 73.8 Å². The summed E-state index contributed by atoms with van der Waals surface area (Å²) < 4.78 is 77.5. The normalized spacial score (nSPS) is 12.6. The number of hydrogen-bond donors (Lipinski definition) is 4. The number of carbonyl (C=O) groups is 2. The molecule has 0 fully saturated rings. The minimum absolute atomic E-state index is 0.0211. The minimum Gasteiger partial charge on any atom is -0.496 e. The van der Waals surface area contributed by atoms with Crippen LogP contribution >= 0.6 is 23.2 Å². The average molecular weight is 1320 g/mol. The number of aliphatic hydroxyl groups is 2. The van der Waals surface area contributed by atoms with Gasteiger partial charge in [-0.05, 0) is 132 Å². The number of nitrogens with one attached hydrogen (secondary N) is 2. The van der Waals surface area contributed by atoms with E-state index in [-0.39, 0.29) is 57.2 Å². The summed E-state index contributed by atoms with van der Waals surface area (Å²) in [7, 11) is 2.74. The summed E-state index contributed by atoms with van der Waals surface area (Å²) in [5.41, 5.74) is -2.11. The van der Waals surface area contributed by atoms with E-state index in [1.54, 1.807) is 76.5 Å². The van der Waals surface area contributed by atoms with E-state index < -0.39 is 51.5 Å². The van der Waals surface area contributed by atoms with Crippen molar-refractivity contribution in [3.05, 3.63) is 210 Å². The van der Waals surface area contributed by atoms with Crippen LogP contribution in [0.5, 0.6) is 57.5 Å². The Morgan fingerprint density at radius 1 is 0.617 bits per heavy atom. The molecule has 0 atom stereocenters. The summed E-state index contributed by atoms with van der Waals surface area (Å²) >= 11 is 13.1. The molecule has 22 nitrogen and oxygen atoms in total. The van der Waals surface area contributed by atoms with Gasteiger partial charge in [0.15, 0.2) is 11.5 Å². The maximum absolute atomic E-state index is 13.5. The number of rotatable bonds is 17. The lowest BCUT2D eigenvalue weighted by molar-refractivity contribution is 0.0265. The zero-order chi connectivity index (χ0) is 66.8. The van der Waals surface area contributed by atoms with Crippen molar-refractivity contribution in [3.63, 3.8) is 0 Å². The van der Waals surface area contributed by atoms with E-state index in [0.717, 1.165) is 39.4 Å². The smallest absolute Gasteiger partial charge is 0.335 e. The molecule has 0 aliphatic carbocycles. The third-order valence-corrected chi connectivity index (χ3v) is 15.1. The van der Waals surface area contributed by atoms with Crippen LogP contribution in [0.3, 0.4) is 0 Å². The van der Waals surface area contributed by atoms with Gasteiger partial charge in [-0.1, -0.05) is 23.2 Å². The second kappa shape index (κ2) is 27.0. The van der Waals surface area contributed by atoms with E-state index in [1.807, 2.05) is 0 Å². The summed E-state index contributed by atoms with van der Waals surface area (Å²) in [6.45, 7) is 7.83. The Morgan fingerprint density at radius 2 is 1.14 bits per heavy atom. The fourth-order valence-electron chi connectivity index (χ4n) is 10.1. The van der Waals surface area contributed by atoms with Crippen molar-refractivity contribution in [1.29, 1.82) is 0 Å². The maximum atomic E-state index is 13.5. The van der Waals surface area contributed by atoms with Crippen LogP contribution in [0.1, 0.15) is 60.4 Å². The summed E-state index contributed by atoms with van der Waals surface area (Å²) in [4.78, 5) is 74.9. The van der Waals surface area contributed by atoms with Gasteiger partial charge in [0.1, 0.15) is 89.4 Å². The van der Waals surface area contributed by atoms with E-state index in [2.05, 4.69) is 20.6 Å². The lowest BCUT2D eigenvalue weighted by Gasteiger charge is -2.25. The number of benzene rings is 6. The fourth-order valence-corrected chi connectivity index (χ4v) is 10.5. The molecule has 6 heterocycles. The Kier molecular flexibility index (Phi) is 18.6. The van der Waals surface area contributed by atoms with Crippen LogP contribution in [0.25, 0.3) is 33.2 Å². The van der Waals surface area contributed by atoms with Crippen LogP contribution in [0, 0.1) is 11.6 Å². The number of hydrogen-bond acceptors (Lipinski definition) is 17. The highest BCUT2D eigenvalue weighted by Gasteiger charge is 2.29. The van der Waals surface area contributed by atoms with E-state index in [1.165, 1.54) is 91.7 Å². The van der Waals surface area contributed by atoms with Crippen molar-refractivity contribution in [2.45, 2.75) is 51.7 Å². The topological polar surface area (TPSA) is 264 Å². The van der Waals surface area contributed by atoms with Crippen molar-refractivity contribution in [1.82, 2.24) is 23.7 Å². The first-order chi connectivity index (χ1) is 44.9. The number of anilines is 2. The second-order valence-corrected chi connectivity index (χ2v) is 23.6. The lowest BCUT2D eigenvalue weighted by atomic mass is 10.0. The predicted molar refractivity (Wildman–Crippen MR) is 347 cm³/mol. The number of halogens is 4. The Morgan fingerprint density at radius 3 is 1.70 bits per heavy atom. The molecule has 12 rings (SSSR count).